The second-order valence-electron chi connectivity index (χ2n) is 4.62. The van der Waals surface area contributed by atoms with Gasteiger partial charge in [0.2, 0.25) is 5.89 Å². The number of halogens is 1. The Hall–Kier alpha value is -2.07. The zero-order valence-corrected chi connectivity index (χ0v) is 12.0. The molecule has 0 fully saturated rings. The van der Waals surface area contributed by atoms with Gasteiger partial charge in [-0.3, -0.25) is 4.98 Å². The number of benzene rings is 1. The first-order valence-corrected chi connectivity index (χ1v) is 6.72. The summed E-state index contributed by atoms with van der Waals surface area (Å²) in [7, 11) is 0. The molecule has 0 atom stereocenters. The molecule has 0 aliphatic heterocycles. The molecule has 5 heteroatoms. The van der Waals surface area contributed by atoms with Gasteiger partial charge in [0.05, 0.1) is 17.8 Å². The Labute approximate surface area is 121 Å². The number of fused-ring (bicyclic) bond motifs is 1. The van der Waals surface area contributed by atoms with Crippen molar-refractivity contribution in [2.24, 2.45) is 0 Å². The van der Waals surface area contributed by atoms with E-state index in [0.29, 0.717) is 17.5 Å². The first-order valence-electron chi connectivity index (χ1n) is 6.34. The average molecular weight is 288 g/mol. The Kier molecular flexibility index (Phi) is 3.32. The van der Waals surface area contributed by atoms with Gasteiger partial charge >= 0.3 is 0 Å². The molecule has 4 nitrogen and oxygen atoms in total. The fourth-order valence-electron chi connectivity index (χ4n) is 2.06. The molecule has 2 aromatic heterocycles. The Balaban J connectivity index is 1.87. The molecule has 1 aromatic carbocycles. The highest BCUT2D eigenvalue weighted by Crippen LogP contribution is 2.24. The third kappa shape index (κ3) is 2.47. The summed E-state index contributed by atoms with van der Waals surface area (Å²) in [6, 6.07) is 7.59. The number of rotatable bonds is 3. The van der Waals surface area contributed by atoms with Crippen molar-refractivity contribution in [1.29, 1.82) is 0 Å². The van der Waals surface area contributed by atoms with Crippen molar-refractivity contribution in [3.05, 3.63) is 52.8 Å². The second kappa shape index (κ2) is 5.13. The summed E-state index contributed by atoms with van der Waals surface area (Å²) in [6.45, 7) is 4.39. The molecule has 102 valence electrons. The maximum atomic E-state index is 5.98. The molecule has 1 N–H and O–H groups in total. The van der Waals surface area contributed by atoms with Crippen LogP contribution in [0.25, 0.3) is 10.9 Å². The van der Waals surface area contributed by atoms with Crippen LogP contribution in [0, 0.1) is 13.8 Å². The molecule has 0 unspecified atom stereocenters. The predicted molar refractivity (Wildman–Crippen MR) is 80.1 cm³/mol. The van der Waals surface area contributed by atoms with Crippen LogP contribution < -0.4 is 5.32 Å². The van der Waals surface area contributed by atoms with Gasteiger partial charge in [0.1, 0.15) is 5.76 Å². The van der Waals surface area contributed by atoms with E-state index < -0.39 is 0 Å². The van der Waals surface area contributed by atoms with E-state index in [-0.39, 0.29) is 0 Å². The molecule has 3 aromatic rings. The Morgan fingerprint density at radius 2 is 2.10 bits per heavy atom. The minimum Gasteiger partial charge on any atom is -0.444 e. The predicted octanol–water partition coefficient (Wildman–Crippen LogP) is 4.11. The molecule has 0 radical (unpaired) electrons. The van der Waals surface area contributed by atoms with Crippen LogP contribution in [0.1, 0.15) is 17.3 Å². The SMILES string of the molecule is Cc1nc(CNc2ccnc3cc(Cl)ccc23)oc1C. The first kappa shape index (κ1) is 12.9. The number of aromatic nitrogens is 2. The fraction of sp³-hybridized carbons (Fsp3) is 0.200. The molecule has 0 amide bonds. The van der Waals surface area contributed by atoms with E-state index in [4.69, 9.17) is 16.0 Å². The van der Waals surface area contributed by atoms with E-state index in [1.54, 1.807) is 6.20 Å². The monoisotopic (exact) mass is 287 g/mol. The van der Waals surface area contributed by atoms with Crippen LogP contribution in [0.5, 0.6) is 0 Å². The van der Waals surface area contributed by atoms with Crippen LogP contribution >= 0.6 is 11.6 Å². The van der Waals surface area contributed by atoms with Crippen molar-refractivity contribution >= 4 is 28.2 Å². The number of aryl methyl sites for hydroxylation is 2. The van der Waals surface area contributed by atoms with Crippen molar-refractivity contribution in [3.63, 3.8) is 0 Å². The summed E-state index contributed by atoms with van der Waals surface area (Å²) in [5, 5.41) is 5.03. The fourth-order valence-corrected chi connectivity index (χ4v) is 2.23. The van der Waals surface area contributed by atoms with E-state index in [1.165, 1.54) is 0 Å². The number of oxazole rings is 1. The van der Waals surface area contributed by atoms with Crippen LogP contribution in [0.15, 0.2) is 34.9 Å². The maximum Gasteiger partial charge on any atom is 0.213 e. The Bertz CT molecular complexity index is 747. The van der Waals surface area contributed by atoms with Gasteiger partial charge in [0.15, 0.2) is 0 Å². The van der Waals surface area contributed by atoms with E-state index in [0.717, 1.165) is 28.0 Å². The minimum absolute atomic E-state index is 0.538. The molecule has 0 saturated carbocycles. The van der Waals surface area contributed by atoms with Crippen LogP contribution in [0.2, 0.25) is 5.02 Å². The van der Waals surface area contributed by atoms with E-state index in [9.17, 15) is 0 Å². The van der Waals surface area contributed by atoms with Gasteiger partial charge in [-0.1, -0.05) is 11.6 Å². The molecule has 0 saturated heterocycles. The normalized spacial score (nSPS) is 10.9. The maximum absolute atomic E-state index is 5.98. The average Bonchev–Trinajstić information content (AvgIpc) is 2.75. The van der Waals surface area contributed by atoms with E-state index in [2.05, 4.69) is 15.3 Å². The van der Waals surface area contributed by atoms with Gasteiger partial charge in [-0.25, -0.2) is 4.98 Å². The highest BCUT2D eigenvalue weighted by molar-refractivity contribution is 6.31. The number of nitrogens with zero attached hydrogens (tertiary/aromatic N) is 2. The summed E-state index contributed by atoms with van der Waals surface area (Å²) >= 11 is 5.98. The molecule has 20 heavy (non-hydrogen) atoms. The molecule has 3 rings (SSSR count). The smallest absolute Gasteiger partial charge is 0.213 e. The van der Waals surface area contributed by atoms with Gasteiger partial charge in [-0.2, -0.15) is 0 Å². The lowest BCUT2D eigenvalue weighted by Crippen LogP contribution is -2.00. The van der Waals surface area contributed by atoms with Crippen LogP contribution in [0.3, 0.4) is 0 Å². The zero-order valence-electron chi connectivity index (χ0n) is 11.3. The summed E-state index contributed by atoms with van der Waals surface area (Å²) in [4.78, 5) is 8.67. The third-order valence-corrected chi connectivity index (χ3v) is 3.44. The lowest BCUT2D eigenvalue weighted by atomic mass is 10.2. The molecule has 0 aliphatic rings. The van der Waals surface area contributed by atoms with Gasteiger partial charge in [-0.05, 0) is 38.1 Å². The van der Waals surface area contributed by atoms with Crippen LogP contribution in [-0.2, 0) is 6.54 Å². The number of pyridine rings is 1. The van der Waals surface area contributed by atoms with Crippen molar-refractivity contribution < 1.29 is 4.42 Å². The number of nitrogens with one attached hydrogen (secondary N) is 1. The summed E-state index contributed by atoms with van der Waals surface area (Å²) in [5.41, 5.74) is 2.77. The number of anilines is 1. The lowest BCUT2D eigenvalue weighted by Gasteiger charge is -2.07. The Morgan fingerprint density at radius 3 is 2.85 bits per heavy atom. The minimum atomic E-state index is 0.538. The van der Waals surface area contributed by atoms with Crippen molar-refractivity contribution in [1.82, 2.24) is 9.97 Å². The van der Waals surface area contributed by atoms with Crippen LogP contribution in [0.4, 0.5) is 5.69 Å². The summed E-state index contributed by atoms with van der Waals surface area (Å²) < 4.78 is 5.56. The van der Waals surface area contributed by atoms with Crippen molar-refractivity contribution in [2.75, 3.05) is 5.32 Å². The molecular weight excluding hydrogens is 274 g/mol. The van der Waals surface area contributed by atoms with E-state index in [1.807, 2.05) is 38.1 Å². The third-order valence-electron chi connectivity index (χ3n) is 3.21. The molecule has 0 spiro atoms. The zero-order chi connectivity index (χ0) is 14.1. The number of hydrogen-bond donors (Lipinski definition) is 1. The first-order chi connectivity index (χ1) is 9.63. The molecule has 2 heterocycles. The molecular formula is C15H14ClN3O. The van der Waals surface area contributed by atoms with Crippen LogP contribution in [-0.4, -0.2) is 9.97 Å². The highest BCUT2D eigenvalue weighted by atomic mass is 35.5. The van der Waals surface area contributed by atoms with Gasteiger partial charge < -0.3 is 9.73 Å². The number of hydrogen-bond acceptors (Lipinski definition) is 4. The quantitative estimate of drug-likeness (QED) is 0.788. The second-order valence-corrected chi connectivity index (χ2v) is 5.06. The molecule has 0 bridgehead atoms. The van der Waals surface area contributed by atoms with Crippen molar-refractivity contribution in [2.45, 2.75) is 20.4 Å². The topological polar surface area (TPSA) is 51.0 Å². The lowest BCUT2D eigenvalue weighted by molar-refractivity contribution is 0.478. The summed E-state index contributed by atoms with van der Waals surface area (Å²) in [6.07, 6.45) is 1.76. The van der Waals surface area contributed by atoms with E-state index >= 15 is 0 Å². The molecule has 0 aliphatic carbocycles. The van der Waals surface area contributed by atoms with Gasteiger partial charge in [0.25, 0.3) is 0 Å². The van der Waals surface area contributed by atoms with Crippen molar-refractivity contribution in [3.8, 4) is 0 Å². The largest absolute Gasteiger partial charge is 0.444 e. The van der Waals surface area contributed by atoms with Gasteiger partial charge in [-0.15, -0.1) is 0 Å². The summed E-state index contributed by atoms with van der Waals surface area (Å²) in [5.74, 6) is 1.53. The highest BCUT2D eigenvalue weighted by Gasteiger charge is 2.07. The van der Waals surface area contributed by atoms with Gasteiger partial charge in [0, 0.05) is 22.3 Å². The standard InChI is InChI=1S/C15H14ClN3O/c1-9-10(2)20-15(19-9)8-18-13-5-6-17-14-7-11(16)3-4-12(13)14/h3-7H,8H2,1-2H3,(H,17,18). The Morgan fingerprint density at radius 1 is 1.25 bits per heavy atom.